The lowest BCUT2D eigenvalue weighted by atomic mass is 10.2. The van der Waals surface area contributed by atoms with Crippen LogP contribution in [0, 0.1) is 10.1 Å². The number of nitro groups is 1. The van der Waals surface area contributed by atoms with E-state index in [9.17, 15) is 18.5 Å². The quantitative estimate of drug-likeness (QED) is 0.449. The third-order valence-electron chi connectivity index (χ3n) is 3.31. The van der Waals surface area contributed by atoms with Gasteiger partial charge in [-0.1, -0.05) is 13.3 Å². The molecular formula is C12H20N4O4S. The Hall–Kier alpha value is -1.71. The number of nitrogens with one attached hydrogen (secondary N) is 1. The Morgan fingerprint density at radius 2 is 2.10 bits per heavy atom. The predicted molar refractivity (Wildman–Crippen MR) is 80.2 cm³/mol. The molecule has 9 heteroatoms. The Kier molecular flexibility index (Phi) is 5.64. The molecule has 1 unspecified atom stereocenters. The van der Waals surface area contributed by atoms with Gasteiger partial charge in [0.2, 0.25) is 10.0 Å². The Bertz CT molecular complexity index is 618. The van der Waals surface area contributed by atoms with Gasteiger partial charge in [0, 0.05) is 25.2 Å². The van der Waals surface area contributed by atoms with Crippen LogP contribution in [-0.4, -0.2) is 30.7 Å². The number of rotatable bonds is 7. The van der Waals surface area contributed by atoms with Crippen LogP contribution >= 0.6 is 0 Å². The SMILES string of the molecule is CCCC(C)N(C)S(=O)(=O)c1ccc([N+](=O)[O-])cc1NN. The van der Waals surface area contributed by atoms with Crippen LogP contribution in [0.2, 0.25) is 0 Å². The van der Waals surface area contributed by atoms with Crippen molar-refractivity contribution in [3.8, 4) is 0 Å². The zero-order chi connectivity index (χ0) is 16.2. The van der Waals surface area contributed by atoms with Gasteiger partial charge in [0.05, 0.1) is 10.6 Å². The molecule has 0 aliphatic rings. The third-order valence-corrected chi connectivity index (χ3v) is 5.34. The first-order valence-corrected chi connectivity index (χ1v) is 7.92. The molecule has 0 aromatic heterocycles. The molecule has 0 aliphatic carbocycles. The Labute approximate surface area is 124 Å². The summed E-state index contributed by atoms with van der Waals surface area (Å²) in [4.78, 5) is 10.0. The highest BCUT2D eigenvalue weighted by Gasteiger charge is 2.28. The molecule has 21 heavy (non-hydrogen) atoms. The van der Waals surface area contributed by atoms with Crippen LogP contribution < -0.4 is 11.3 Å². The number of hydrogen-bond donors (Lipinski definition) is 2. The van der Waals surface area contributed by atoms with E-state index in [1.807, 2.05) is 13.8 Å². The maximum atomic E-state index is 12.6. The summed E-state index contributed by atoms with van der Waals surface area (Å²) in [5.74, 6) is 5.30. The number of anilines is 1. The minimum atomic E-state index is -3.78. The molecular weight excluding hydrogens is 296 g/mol. The number of nitrogens with two attached hydrogens (primary N) is 1. The van der Waals surface area contributed by atoms with Gasteiger partial charge < -0.3 is 5.43 Å². The van der Waals surface area contributed by atoms with E-state index >= 15 is 0 Å². The average molecular weight is 316 g/mol. The fourth-order valence-electron chi connectivity index (χ4n) is 1.96. The summed E-state index contributed by atoms with van der Waals surface area (Å²) in [5.41, 5.74) is 1.98. The van der Waals surface area contributed by atoms with E-state index in [0.717, 1.165) is 18.6 Å². The van der Waals surface area contributed by atoms with Crippen molar-refractivity contribution in [2.24, 2.45) is 5.84 Å². The number of nitrogen functional groups attached to an aromatic ring is 1. The molecule has 1 atom stereocenters. The van der Waals surface area contributed by atoms with Crippen LogP contribution in [-0.2, 0) is 10.0 Å². The number of benzene rings is 1. The van der Waals surface area contributed by atoms with Gasteiger partial charge in [0.25, 0.3) is 5.69 Å². The van der Waals surface area contributed by atoms with Gasteiger partial charge in [-0.15, -0.1) is 0 Å². The monoisotopic (exact) mass is 316 g/mol. The molecule has 0 amide bonds. The van der Waals surface area contributed by atoms with Gasteiger partial charge in [-0.25, -0.2) is 8.42 Å². The topological polar surface area (TPSA) is 119 Å². The summed E-state index contributed by atoms with van der Waals surface area (Å²) in [7, 11) is -2.29. The molecule has 0 saturated heterocycles. The maximum absolute atomic E-state index is 12.6. The molecule has 1 aromatic rings. The van der Waals surface area contributed by atoms with E-state index in [-0.39, 0.29) is 22.3 Å². The van der Waals surface area contributed by atoms with Crippen LogP contribution in [0.3, 0.4) is 0 Å². The molecule has 118 valence electrons. The third kappa shape index (κ3) is 3.69. The molecule has 0 heterocycles. The lowest BCUT2D eigenvalue weighted by Gasteiger charge is -2.24. The van der Waals surface area contributed by atoms with Crippen molar-refractivity contribution in [2.45, 2.75) is 37.6 Å². The first-order valence-electron chi connectivity index (χ1n) is 6.48. The molecule has 3 N–H and O–H groups in total. The molecule has 0 saturated carbocycles. The second-order valence-electron chi connectivity index (χ2n) is 4.74. The van der Waals surface area contributed by atoms with Crippen molar-refractivity contribution in [2.75, 3.05) is 12.5 Å². The van der Waals surface area contributed by atoms with Gasteiger partial charge in [-0.2, -0.15) is 4.31 Å². The summed E-state index contributed by atoms with van der Waals surface area (Å²) in [6, 6.07) is 3.26. The van der Waals surface area contributed by atoms with Gasteiger partial charge in [0.15, 0.2) is 0 Å². The van der Waals surface area contributed by atoms with Crippen molar-refractivity contribution >= 4 is 21.4 Å². The highest BCUT2D eigenvalue weighted by atomic mass is 32.2. The van der Waals surface area contributed by atoms with E-state index in [1.54, 1.807) is 0 Å². The fraction of sp³-hybridized carbons (Fsp3) is 0.500. The maximum Gasteiger partial charge on any atom is 0.271 e. The van der Waals surface area contributed by atoms with E-state index in [1.165, 1.54) is 17.4 Å². The average Bonchev–Trinajstić information content (AvgIpc) is 2.45. The Morgan fingerprint density at radius 3 is 2.57 bits per heavy atom. The summed E-state index contributed by atoms with van der Waals surface area (Å²) in [5, 5.41) is 10.7. The van der Waals surface area contributed by atoms with Crippen molar-refractivity contribution in [3.05, 3.63) is 28.3 Å². The predicted octanol–water partition coefficient (Wildman–Crippen LogP) is 1.69. The minimum Gasteiger partial charge on any atom is -0.323 e. The first-order chi connectivity index (χ1) is 9.75. The second kappa shape index (κ2) is 6.83. The number of nitro benzene ring substituents is 1. The molecule has 0 fully saturated rings. The molecule has 1 rings (SSSR count). The van der Waals surface area contributed by atoms with E-state index in [2.05, 4.69) is 5.43 Å². The number of non-ortho nitro benzene ring substituents is 1. The summed E-state index contributed by atoms with van der Waals surface area (Å²) < 4.78 is 26.4. The van der Waals surface area contributed by atoms with Gasteiger partial charge in [-0.3, -0.25) is 16.0 Å². The standard InChI is InChI=1S/C12H20N4O4S/c1-4-5-9(2)15(3)21(19,20)12-7-6-10(16(17)18)8-11(12)14-13/h6-9,14H,4-5,13H2,1-3H3. The summed E-state index contributed by atoms with van der Waals surface area (Å²) in [6.45, 7) is 3.78. The van der Waals surface area contributed by atoms with Crippen LogP contribution in [0.4, 0.5) is 11.4 Å². The highest BCUT2D eigenvalue weighted by molar-refractivity contribution is 7.89. The van der Waals surface area contributed by atoms with Crippen molar-refractivity contribution in [1.29, 1.82) is 0 Å². The lowest BCUT2D eigenvalue weighted by molar-refractivity contribution is -0.384. The van der Waals surface area contributed by atoms with Gasteiger partial charge in [-0.05, 0) is 19.4 Å². The zero-order valence-electron chi connectivity index (χ0n) is 12.2. The van der Waals surface area contributed by atoms with Gasteiger partial charge in [0.1, 0.15) is 4.90 Å². The minimum absolute atomic E-state index is 0.000233. The van der Waals surface area contributed by atoms with E-state index in [0.29, 0.717) is 6.42 Å². The van der Waals surface area contributed by atoms with Crippen LogP contribution in [0.1, 0.15) is 26.7 Å². The molecule has 0 aliphatic heterocycles. The molecule has 1 aromatic carbocycles. The first kappa shape index (κ1) is 17.3. The second-order valence-corrected chi connectivity index (χ2v) is 6.71. The molecule has 8 nitrogen and oxygen atoms in total. The molecule has 0 bridgehead atoms. The van der Waals surface area contributed by atoms with E-state index in [4.69, 9.17) is 5.84 Å². The largest absolute Gasteiger partial charge is 0.323 e. The fourth-order valence-corrected chi connectivity index (χ4v) is 3.49. The van der Waals surface area contributed by atoms with E-state index < -0.39 is 14.9 Å². The Balaban J connectivity index is 3.28. The van der Waals surface area contributed by atoms with Crippen molar-refractivity contribution < 1.29 is 13.3 Å². The number of hydrogen-bond acceptors (Lipinski definition) is 6. The van der Waals surface area contributed by atoms with Crippen molar-refractivity contribution in [3.63, 3.8) is 0 Å². The summed E-state index contributed by atoms with van der Waals surface area (Å²) in [6.07, 6.45) is 1.57. The molecule has 0 radical (unpaired) electrons. The number of sulfonamides is 1. The summed E-state index contributed by atoms with van der Waals surface area (Å²) >= 11 is 0. The normalized spacial score (nSPS) is 13.2. The lowest BCUT2D eigenvalue weighted by Crippen LogP contribution is -2.35. The van der Waals surface area contributed by atoms with Crippen LogP contribution in [0.25, 0.3) is 0 Å². The number of nitrogens with zero attached hydrogens (tertiary/aromatic N) is 2. The molecule has 0 spiro atoms. The number of hydrazine groups is 1. The van der Waals surface area contributed by atoms with Crippen LogP contribution in [0.15, 0.2) is 23.1 Å². The zero-order valence-corrected chi connectivity index (χ0v) is 13.1. The smallest absolute Gasteiger partial charge is 0.271 e. The highest BCUT2D eigenvalue weighted by Crippen LogP contribution is 2.29. The van der Waals surface area contributed by atoms with Crippen molar-refractivity contribution in [1.82, 2.24) is 4.31 Å². The van der Waals surface area contributed by atoms with Gasteiger partial charge >= 0.3 is 0 Å². The Morgan fingerprint density at radius 1 is 1.48 bits per heavy atom. The van der Waals surface area contributed by atoms with Crippen LogP contribution in [0.5, 0.6) is 0 Å².